The third-order valence-electron chi connectivity index (χ3n) is 5.29. The molecule has 3 heterocycles. The molecule has 4 fully saturated rings. The lowest BCUT2D eigenvalue weighted by Gasteiger charge is -2.45. The highest BCUT2D eigenvalue weighted by Crippen LogP contribution is 2.27. The minimum Gasteiger partial charge on any atom is -0.378 e. The van der Waals surface area contributed by atoms with E-state index in [1.165, 1.54) is 71.0 Å². The van der Waals surface area contributed by atoms with Crippen LogP contribution in [0.2, 0.25) is 0 Å². The number of nitrogens with one attached hydrogen (secondary N) is 1. The molecule has 2 bridgehead atoms. The molecule has 19 heavy (non-hydrogen) atoms. The SMILES string of the molecule is C1CCC(OCCCNC2CN3CCC2CC3)CC1. The quantitative estimate of drug-likeness (QED) is 0.747. The van der Waals surface area contributed by atoms with E-state index in [0.29, 0.717) is 6.10 Å². The van der Waals surface area contributed by atoms with Gasteiger partial charge in [-0.1, -0.05) is 19.3 Å². The zero-order valence-electron chi connectivity index (χ0n) is 12.3. The first-order chi connectivity index (χ1) is 9.42. The average Bonchev–Trinajstić information content (AvgIpc) is 2.49. The van der Waals surface area contributed by atoms with Crippen molar-refractivity contribution in [1.82, 2.24) is 10.2 Å². The minimum atomic E-state index is 0.575. The lowest BCUT2D eigenvalue weighted by molar-refractivity contribution is 0.0250. The number of fused-ring (bicyclic) bond motifs is 3. The van der Waals surface area contributed by atoms with Crippen molar-refractivity contribution < 1.29 is 4.74 Å². The molecule has 0 aromatic carbocycles. The highest BCUT2D eigenvalue weighted by atomic mass is 16.5. The van der Waals surface area contributed by atoms with Crippen LogP contribution in [0, 0.1) is 5.92 Å². The fourth-order valence-electron chi connectivity index (χ4n) is 4.04. The molecule has 0 amide bonds. The van der Waals surface area contributed by atoms with Gasteiger partial charge >= 0.3 is 0 Å². The smallest absolute Gasteiger partial charge is 0.0575 e. The highest BCUT2D eigenvalue weighted by Gasteiger charge is 2.33. The maximum atomic E-state index is 5.98. The van der Waals surface area contributed by atoms with E-state index in [2.05, 4.69) is 10.2 Å². The Kier molecular flexibility index (Phi) is 5.14. The first kappa shape index (κ1) is 13.8. The number of piperidine rings is 3. The van der Waals surface area contributed by atoms with Crippen molar-refractivity contribution in [2.75, 3.05) is 32.8 Å². The Morgan fingerprint density at radius 2 is 1.79 bits per heavy atom. The first-order valence-electron chi connectivity index (χ1n) is 8.49. The topological polar surface area (TPSA) is 24.5 Å². The normalized spacial score (nSPS) is 35.7. The summed E-state index contributed by atoms with van der Waals surface area (Å²) < 4.78 is 5.98. The average molecular weight is 266 g/mol. The van der Waals surface area contributed by atoms with Crippen LogP contribution in [0.4, 0.5) is 0 Å². The van der Waals surface area contributed by atoms with Crippen molar-refractivity contribution >= 4 is 0 Å². The van der Waals surface area contributed by atoms with E-state index in [9.17, 15) is 0 Å². The van der Waals surface area contributed by atoms with Gasteiger partial charge in [0.2, 0.25) is 0 Å². The molecule has 110 valence electrons. The molecular weight excluding hydrogens is 236 g/mol. The first-order valence-corrected chi connectivity index (χ1v) is 8.49. The lowest BCUT2D eigenvalue weighted by Crippen LogP contribution is -2.56. The summed E-state index contributed by atoms with van der Waals surface area (Å²) in [7, 11) is 0. The van der Waals surface area contributed by atoms with Crippen LogP contribution in [0.3, 0.4) is 0 Å². The molecule has 3 saturated heterocycles. The molecule has 3 heteroatoms. The van der Waals surface area contributed by atoms with Gasteiger partial charge in [-0.15, -0.1) is 0 Å². The van der Waals surface area contributed by atoms with E-state index in [0.717, 1.165) is 25.1 Å². The van der Waals surface area contributed by atoms with Crippen molar-refractivity contribution in [2.45, 2.75) is 63.5 Å². The van der Waals surface area contributed by atoms with Gasteiger partial charge in [0.15, 0.2) is 0 Å². The van der Waals surface area contributed by atoms with Crippen molar-refractivity contribution in [2.24, 2.45) is 5.92 Å². The Balaban J connectivity index is 1.25. The molecule has 0 radical (unpaired) electrons. The van der Waals surface area contributed by atoms with Gasteiger partial charge in [0.05, 0.1) is 6.10 Å². The standard InChI is InChI=1S/C16H30N2O/c1-2-5-15(6-3-1)19-12-4-9-17-16-13-18-10-7-14(16)8-11-18/h14-17H,1-13H2. The highest BCUT2D eigenvalue weighted by molar-refractivity contribution is 4.90. The third-order valence-corrected chi connectivity index (χ3v) is 5.29. The fourth-order valence-corrected chi connectivity index (χ4v) is 4.04. The number of nitrogens with zero attached hydrogens (tertiary/aromatic N) is 1. The van der Waals surface area contributed by atoms with Crippen LogP contribution in [0.25, 0.3) is 0 Å². The van der Waals surface area contributed by atoms with Crippen molar-refractivity contribution in [3.05, 3.63) is 0 Å². The van der Waals surface area contributed by atoms with Gasteiger partial charge in [0.25, 0.3) is 0 Å². The van der Waals surface area contributed by atoms with Crippen LogP contribution in [0.15, 0.2) is 0 Å². The number of hydrogen-bond acceptors (Lipinski definition) is 3. The second-order valence-corrected chi connectivity index (χ2v) is 6.68. The Morgan fingerprint density at radius 3 is 2.47 bits per heavy atom. The molecule has 1 N–H and O–H groups in total. The third kappa shape index (κ3) is 3.93. The summed E-state index contributed by atoms with van der Waals surface area (Å²) in [6.45, 7) is 6.07. The summed E-state index contributed by atoms with van der Waals surface area (Å²) in [5.74, 6) is 0.948. The predicted octanol–water partition coefficient (Wildman–Crippen LogP) is 2.41. The molecule has 0 aromatic heterocycles. The molecule has 4 rings (SSSR count). The van der Waals surface area contributed by atoms with Crippen LogP contribution in [-0.2, 0) is 4.74 Å². The molecule has 0 aromatic rings. The molecule has 4 aliphatic rings. The second-order valence-electron chi connectivity index (χ2n) is 6.68. The molecule has 3 nitrogen and oxygen atoms in total. The summed E-state index contributed by atoms with van der Waals surface area (Å²) in [6, 6.07) is 0.761. The second kappa shape index (κ2) is 7.05. The Hall–Kier alpha value is -0.120. The Labute approximate surface area is 118 Å². The van der Waals surface area contributed by atoms with Crippen LogP contribution in [-0.4, -0.2) is 49.8 Å². The maximum Gasteiger partial charge on any atom is 0.0575 e. The Bertz CT molecular complexity index is 257. The van der Waals surface area contributed by atoms with Gasteiger partial charge < -0.3 is 15.0 Å². The number of ether oxygens (including phenoxy) is 1. The van der Waals surface area contributed by atoms with Gasteiger partial charge in [-0.05, 0) is 57.7 Å². The van der Waals surface area contributed by atoms with Crippen LogP contribution >= 0.6 is 0 Å². The molecule has 3 aliphatic heterocycles. The van der Waals surface area contributed by atoms with E-state index in [1.807, 2.05) is 0 Å². The van der Waals surface area contributed by atoms with Gasteiger partial charge in [-0.2, -0.15) is 0 Å². The number of rotatable bonds is 6. The molecule has 0 spiro atoms. The van der Waals surface area contributed by atoms with Crippen molar-refractivity contribution in [1.29, 1.82) is 0 Å². The summed E-state index contributed by atoms with van der Waals surface area (Å²) in [5.41, 5.74) is 0. The van der Waals surface area contributed by atoms with Crippen LogP contribution in [0.5, 0.6) is 0 Å². The Morgan fingerprint density at radius 1 is 1.00 bits per heavy atom. The van der Waals surface area contributed by atoms with Gasteiger partial charge in [0, 0.05) is 19.2 Å². The zero-order chi connectivity index (χ0) is 12.9. The molecule has 1 aliphatic carbocycles. The van der Waals surface area contributed by atoms with E-state index >= 15 is 0 Å². The number of hydrogen-bond donors (Lipinski definition) is 1. The maximum absolute atomic E-state index is 5.98. The zero-order valence-corrected chi connectivity index (χ0v) is 12.3. The van der Waals surface area contributed by atoms with E-state index in [-0.39, 0.29) is 0 Å². The van der Waals surface area contributed by atoms with E-state index in [4.69, 9.17) is 4.74 Å². The van der Waals surface area contributed by atoms with Crippen molar-refractivity contribution in [3.8, 4) is 0 Å². The largest absolute Gasteiger partial charge is 0.378 e. The van der Waals surface area contributed by atoms with Gasteiger partial charge in [-0.3, -0.25) is 0 Å². The lowest BCUT2D eigenvalue weighted by atomic mass is 9.84. The predicted molar refractivity (Wildman–Crippen MR) is 78.4 cm³/mol. The monoisotopic (exact) mass is 266 g/mol. The van der Waals surface area contributed by atoms with Crippen LogP contribution in [0.1, 0.15) is 51.4 Å². The van der Waals surface area contributed by atoms with Gasteiger partial charge in [0.1, 0.15) is 0 Å². The van der Waals surface area contributed by atoms with Gasteiger partial charge in [-0.25, -0.2) is 0 Å². The molecule has 1 saturated carbocycles. The summed E-state index contributed by atoms with van der Waals surface area (Å²) in [5, 5.41) is 3.77. The summed E-state index contributed by atoms with van der Waals surface area (Å²) >= 11 is 0. The van der Waals surface area contributed by atoms with E-state index < -0.39 is 0 Å². The molecular formula is C16H30N2O. The van der Waals surface area contributed by atoms with E-state index in [1.54, 1.807) is 0 Å². The van der Waals surface area contributed by atoms with Crippen LogP contribution < -0.4 is 5.32 Å². The van der Waals surface area contributed by atoms with Crippen molar-refractivity contribution in [3.63, 3.8) is 0 Å². The summed E-state index contributed by atoms with van der Waals surface area (Å²) in [6.07, 6.45) is 11.4. The minimum absolute atomic E-state index is 0.575. The fraction of sp³-hybridized carbons (Fsp3) is 1.00. The molecule has 1 atom stereocenters. The molecule has 1 unspecified atom stereocenters. The summed E-state index contributed by atoms with van der Waals surface area (Å²) in [4.78, 5) is 2.62.